The van der Waals surface area contributed by atoms with Gasteiger partial charge in [-0.05, 0) is 55.3 Å². The summed E-state index contributed by atoms with van der Waals surface area (Å²) in [5, 5.41) is 3.01. The van der Waals surface area contributed by atoms with Crippen LogP contribution in [0, 0.1) is 5.82 Å². The predicted molar refractivity (Wildman–Crippen MR) is 99.7 cm³/mol. The number of benzene rings is 2. The van der Waals surface area contributed by atoms with E-state index in [0.717, 1.165) is 31.3 Å². The summed E-state index contributed by atoms with van der Waals surface area (Å²) < 4.78 is 18.4. The van der Waals surface area contributed by atoms with E-state index in [1.54, 1.807) is 0 Å². The number of halogens is 2. The van der Waals surface area contributed by atoms with E-state index in [1.165, 1.54) is 30.5 Å². The van der Waals surface area contributed by atoms with Crippen LogP contribution in [0.5, 0.6) is 5.75 Å². The van der Waals surface area contributed by atoms with Crippen LogP contribution in [0.2, 0.25) is 5.02 Å². The monoisotopic (exact) mass is 376 g/mol. The van der Waals surface area contributed by atoms with Crippen LogP contribution in [0.25, 0.3) is 0 Å². The van der Waals surface area contributed by atoms with E-state index < -0.39 is 5.82 Å². The molecule has 138 valence electrons. The number of nitrogens with zero attached hydrogens (tertiary/aromatic N) is 1. The van der Waals surface area contributed by atoms with Gasteiger partial charge in [-0.15, -0.1) is 0 Å². The highest BCUT2D eigenvalue weighted by Crippen LogP contribution is 2.24. The first-order chi connectivity index (χ1) is 12.6. The van der Waals surface area contributed by atoms with Gasteiger partial charge in [0, 0.05) is 13.1 Å². The van der Waals surface area contributed by atoms with E-state index in [0.29, 0.717) is 6.54 Å². The van der Waals surface area contributed by atoms with Crippen molar-refractivity contribution in [2.24, 2.45) is 0 Å². The molecule has 1 saturated heterocycles. The van der Waals surface area contributed by atoms with Crippen LogP contribution in [0.15, 0.2) is 42.5 Å². The lowest BCUT2D eigenvalue weighted by atomic mass is 10.1. The maximum Gasteiger partial charge on any atom is 0.258 e. The van der Waals surface area contributed by atoms with Gasteiger partial charge in [0.25, 0.3) is 5.91 Å². The average Bonchev–Trinajstić information content (AvgIpc) is 3.13. The van der Waals surface area contributed by atoms with Crippen molar-refractivity contribution in [2.45, 2.75) is 25.9 Å². The third-order valence-corrected chi connectivity index (χ3v) is 4.74. The highest BCUT2D eigenvalue weighted by atomic mass is 35.5. The molecule has 1 aliphatic heterocycles. The molecular formula is C20H22ClFN2O2. The molecule has 1 fully saturated rings. The Kier molecular flexibility index (Phi) is 6.47. The molecule has 0 aliphatic carbocycles. The van der Waals surface area contributed by atoms with E-state index in [1.807, 2.05) is 18.2 Å². The van der Waals surface area contributed by atoms with Crippen molar-refractivity contribution in [3.63, 3.8) is 0 Å². The minimum absolute atomic E-state index is 0.147. The first-order valence-corrected chi connectivity index (χ1v) is 9.13. The van der Waals surface area contributed by atoms with E-state index in [9.17, 15) is 9.18 Å². The van der Waals surface area contributed by atoms with Crippen molar-refractivity contribution in [3.8, 4) is 5.75 Å². The molecule has 0 unspecified atom stereocenters. The zero-order valence-electron chi connectivity index (χ0n) is 14.5. The Bertz CT molecular complexity index is 763. The number of amides is 1. The minimum Gasteiger partial charge on any atom is -0.482 e. The Balaban J connectivity index is 1.51. The second-order valence-electron chi connectivity index (χ2n) is 6.39. The van der Waals surface area contributed by atoms with Gasteiger partial charge in [-0.3, -0.25) is 9.69 Å². The van der Waals surface area contributed by atoms with Crippen LogP contribution in [-0.2, 0) is 17.9 Å². The highest BCUT2D eigenvalue weighted by Gasteiger charge is 2.14. The molecule has 3 rings (SSSR count). The Morgan fingerprint density at radius 3 is 2.62 bits per heavy atom. The average molecular weight is 377 g/mol. The standard InChI is InChI=1S/C20H22ClFN2O2/c21-18-11-17(22)7-8-19(18)26-14-20(25)23-12-15-5-1-2-6-16(15)13-24-9-3-4-10-24/h1-2,5-8,11H,3-4,9-10,12-14H2,(H,23,25). The van der Waals surface area contributed by atoms with Gasteiger partial charge in [0.05, 0.1) is 5.02 Å². The Hall–Kier alpha value is -2.11. The fraction of sp³-hybridized carbons (Fsp3) is 0.350. The van der Waals surface area contributed by atoms with Gasteiger partial charge in [0.15, 0.2) is 6.61 Å². The summed E-state index contributed by atoms with van der Waals surface area (Å²) in [4.78, 5) is 14.5. The molecule has 2 aromatic rings. The Morgan fingerprint density at radius 1 is 1.15 bits per heavy atom. The van der Waals surface area contributed by atoms with Crippen molar-refractivity contribution in [3.05, 3.63) is 64.4 Å². The van der Waals surface area contributed by atoms with Crippen molar-refractivity contribution in [2.75, 3.05) is 19.7 Å². The van der Waals surface area contributed by atoms with Gasteiger partial charge in [0.2, 0.25) is 0 Å². The molecule has 0 aromatic heterocycles. The number of carbonyl (C=O) groups excluding carboxylic acids is 1. The predicted octanol–water partition coefficient (Wildman–Crippen LogP) is 3.77. The molecule has 0 saturated carbocycles. The van der Waals surface area contributed by atoms with Gasteiger partial charge >= 0.3 is 0 Å². The largest absolute Gasteiger partial charge is 0.482 e. The molecule has 0 bridgehead atoms. The summed E-state index contributed by atoms with van der Waals surface area (Å²) in [5.74, 6) is -0.402. The van der Waals surface area contributed by atoms with E-state index in [-0.39, 0.29) is 23.3 Å². The molecule has 1 aliphatic rings. The van der Waals surface area contributed by atoms with Crippen LogP contribution in [0.3, 0.4) is 0 Å². The maximum atomic E-state index is 13.0. The molecule has 0 atom stereocenters. The lowest BCUT2D eigenvalue weighted by molar-refractivity contribution is -0.123. The molecule has 1 amide bonds. The van der Waals surface area contributed by atoms with Crippen molar-refractivity contribution < 1.29 is 13.9 Å². The molecule has 6 heteroatoms. The summed E-state index contributed by atoms with van der Waals surface area (Å²) in [7, 11) is 0. The molecular weight excluding hydrogens is 355 g/mol. The number of rotatable bonds is 7. The highest BCUT2D eigenvalue weighted by molar-refractivity contribution is 6.32. The molecule has 4 nitrogen and oxygen atoms in total. The Morgan fingerprint density at radius 2 is 1.88 bits per heavy atom. The maximum absolute atomic E-state index is 13.0. The summed E-state index contributed by atoms with van der Waals surface area (Å²) in [6, 6.07) is 11.9. The van der Waals surface area contributed by atoms with E-state index >= 15 is 0 Å². The molecule has 0 radical (unpaired) electrons. The number of ether oxygens (including phenoxy) is 1. The third kappa shape index (κ3) is 5.19. The van der Waals surface area contributed by atoms with Crippen LogP contribution >= 0.6 is 11.6 Å². The lowest BCUT2D eigenvalue weighted by Crippen LogP contribution is -2.29. The SMILES string of the molecule is O=C(COc1ccc(F)cc1Cl)NCc1ccccc1CN1CCCC1. The third-order valence-electron chi connectivity index (χ3n) is 4.44. The Labute approximate surface area is 157 Å². The van der Waals surface area contributed by atoms with Gasteiger partial charge in [-0.2, -0.15) is 0 Å². The number of nitrogens with one attached hydrogen (secondary N) is 1. The number of hydrogen-bond donors (Lipinski definition) is 1. The second-order valence-corrected chi connectivity index (χ2v) is 6.80. The van der Waals surface area contributed by atoms with Crippen LogP contribution in [0.4, 0.5) is 4.39 Å². The number of carbonyl (C=O) groups is 1. The van der Waals surface area contributed by atoms with Crippen LogP contribution in [-0.4, -0.2) is 30.5 Å². The van der Waals surface area contributed by atoms with Crippen molar-refractivity contribution in [1.82, 2.24) is 10.2 Å². The van der Waals surface area contributed by atoms with Gasteiger partial charge in [0.1, 0.15) is 11.6 Å². The van der Waals surface area contributed by atoms with Gasteiger partial charge in [-0.1, -0.05) is 35.9 Å². The molecule has 26 heavy (non-hydrogen) atoms. The molecule has 1 N–H and O–H groups in total. The topological polar surface area (TPSA) is 41.6 Å². The normalized spacial score (nSPS) is 14.4. The molecule has 1 heterocycles. The van der Waals surface area contributed by atoms with Gasteiger partial charge in [-0.25, -0.2) is 4.39 Å². The summed E-state index contributed by atoms with van der Waals surface area (Å²) in [6.45, 7) is 3.46. The first-order valence-electron chi connectivity index (χ1n) is 8.75. The summed E-state index contributed by atoms with van der Waals surface area (Å²) in [5.41, 5.74) is 2.34. The number of likely N-dealkylation sites (tertiary alicyclic amines) is 1. The molecule has 0 spiro atoms. The fourth-order valence-corrected chi connectivity index (χ4v) is 3.27. The van der Waals surface area contributed by atoms with Crippen molar-refractivity contribution >= 4 is 17.5 Å². The second kappa shape index (κ2) is 9.01. The zero-order valence-corrected chi connectivity index (χ0v) is 15.3. The van der Waals surface area contributed by atoms with E-state index in [4.69, 9.17) is 16.3 Å². The quantitative estimate of drug-likeness (QED) is 0.799. The minimum atomic E-state index is -0.443. The molecule has 2 aromatic carbocycles. The zero-order chi connectivity index (χ0) is 18.4. The van der Waals surface area contributed by atoms with Crippen molar-refractivity contribution in [1.29, 1.82) is 0 Å². The summed E-state index contributed by atoms with van der Waals surface area (Å²) in [6.07, 6.45) is 2.50. The lowest BCUT2D eigenvalue weighted by Gasteiger charge is -2.17. The first kappa shape index (κ1) is 18.7. The summed E-state index contributed by atoms with van der Waals surface area (Å²) >= 11 is 5.89. The van der Waals surface area contributed by atoms with Crippen LogP contribution < -0.4 is 10.1 Å². The van der Waals surface area contributed by atoms with E-state index in [2.05, 4.69) is 16.3 Å². The van der Waals surface area contributed by atoms with Crippen LogP contribution in [0.1, 0.15) is 24.0 Å². The van der Waals surface area contributed by atoms with Gasteiger partial charge < -0.3 is 10.1 Å². The smallest absolute Gasteiger partial charge is 0.258 e. The fourth-order valence-electron chi connectivity index (χ4n) is 3.05. The number of hydrogen-bond acceptors (Lipinski definition) is 3.